The molecule has 0 aliphatic carbocycles. The van der Waals surface area contributed by atoms with Gasteiger partial charge in [-0.15, -0.1) is 0 Å². The van der Waals surface area contributed by atoms with Gasteiger partial charge in [-0.3, -0.25) is 0 Å². The fraction of sp³-hybridized carbons (Fsp3) is 0.417. The van der Waals surface area contributed by atoms with E-state index in [-0.39, 0.29) is 6.04 Å². The summed E-state index contributed by atoms with van der Waals surface area (Å²) in [6.45, 7) is 0.900. The van der Waals surface area contributed by atoms with Crippen molar-refractivity contribution in [3.63, 3.8) is 0 Å². The smallest absolute Gasteiger partial charge is 0.309 e. The first-order valence-corrected chi connectivity index (χ1v) is 5.83. The molecule has 0 spiro atoms. The van der Waals surface area contributed by atoms with Crippen LogP contribution in [0.3, 0.4) is 0 Å². The monoisotopic (exact) mass is 255 g/mol. The van der Waals surface area contributed by atoms with E-state index in [0.29, 0.717) is 5.65 Å². The highest BCUT2D eigenvalue weighted by atomic mass is 19.4. The zero-order valence-electron chi connectivity index (χ0n) is 9.54. The highest BCUT2D eigenvalue weighted by molar-refractivity contribution is 5.43. The van der Waals surface area contributed by atoms with E-state index in [4.69, 9.17) is 0 Å². The molecule has 1 unspecified atom stereocenters. The topological polar surface area (TPSA) is 29.3 Å². The number of rotatable bonds is 1. The van der Waals surface area contributed by atoms with Crippen LogP contribution in [0.5, 0.6) is 0 Å². The Kier molecular flexibility index (Phi) is 2.55. The lowest BCUT2D eigenvalue weighted by atomic mass is 10.2. The number of fused-ring (bicyclic) bond motifs is 1. The number of hydrogen-bond donors (Lipinski definition) is 1. The van der Waals surface area contributed by atoms with Crippen LogP contribution in [0.15, 0.2) is 24.5 Å². The first kappa shape index (κ1) is 11.5. The summed E-state index contributed by atoms with van der Waals surface area (Å²) >= 11 is 0. The largest absolute Gasteiger partial charge is 0.417 e. The van der Waals surface area contributed by atoms with Crippen LogP contribution in [0.2, 0.25) is 0 Å². The molecule has 96 valence electrons. The van der Waals surface area contributed by atoms with Crippen LogP contribution >= 0.6 is 0 Å². The van der Waals surface area contributed by atoms with Crippen LogP contribution in [0.1, 0.15) is 30.1 Å². The average Bonchev–Trinajstić information content (AvgIpc) is 2.95. The minimum absolute atomic E-state index is 0.100. The van der Waals surface area contributed by atoms with Gasteiger partial charge in [-0.2, -0.15) is 13.2 Å². The van der Waals surface area contributed by atoms with Crippen molar-refractivity contribution >= 4 is 5.65 Å². The Hall–Kier alpha value is -1.56. The molecule has 0 amide bonds. The van der Waals surface area contributed by atoms with Crippen molar-refractivity contribution in [3.05, 3.63) is 35.8 Å². The molecule has 3 rings (SSSR count). The number of hydrogen-bond acceptors (Lipinski definition) is 2. The van der Waals surface area contributed by atoms with E-state index in [2.05, 4.69) is 10.3 Å². The van der Waals surface area contributed by atoms with Gasteiger partial charge >= 0.3 is 6.18 Å². The first-order chi connectivity index (χ1) is 8.55. The molecular weight excluding hydrogens is 243 g/mol. The standard InChI is InChI=1S/C12H12F3N3/c13-12(14,15)8-3-4-11-17-6-10(18(11)7-8)9-2-1-5-16-9/h3-4,6-7,9,16H,1-2,5H2. The van der Waals surface area contributed by atoms with Gasteiger partial charge in [0.1, 0.15) is 5.65 Å². The van der Waals surface area contributed by atoms with Gasteiger partial charge in [0, 0.05) is 12.2 Å². The van der Waals surface area contributed by atoms with Gasteiger partial charge in [0.05, 0.1) is 17.5 Å². The molecule has 2 aromatic heterocycles. The van der Waals surface area contributed by atoms with Crippen LogP contribution < -0.4 is 5.32 Å². The van der Waals surface area contributed by atoms with E-state index in [9.17, 15) is 13.2 Å². The van der Waals surface area contributed by atoms with E-state index >= 15 is 0 Å². The van der Waals surface area contributed by atoms with Crippen LogP contribution in [-0.2, 0) is 6.18 Å². The van der Waals surface area contributed by atoms with Gasteiger partial charge in [-0.05, 0) is 31.5 Å². The molecular formula is C12H12F3N3. The Morgan fingerprint density at radius 3 is 2.83 bits per heavy atom. The number of alkyl halides is 3. The summed E-state index contributed by atoms with van der Waals surface area (Å²) in [6.07, 6.45) is 0.426. The Morgan fingerprint density at radius 1 is 1.33 bits per heavy atom. The number of halogens is 3. The SMILES string of the molecule is FC(F)(F)c1ccc2ncc(C3CCCN3)n2c1. The van der Waals surface area contributed by atoms with Crippen molar-refractivity contribution in [2.45, 2.75) is 25.1 Å². The van der Waals surface area contributed by atoms with Gasteiger partial charge in [0.25, 0.3) is 0 Å². The minimum Gasteiger partial charge on any atom is -0.309 e. The van der Waals surface area contributed by atoms with Gasteiger partial charge in [0.15, 0.2) is 0 Å². The molecule has 18 heavy (non-hydrogen) atoms. The van der Waals surface area contributed by atoms with Crippen LogP contribution in [0.4, 0.5) is 13.2 Å². The highest BCUT2D eigenvalue weighted by Crippen LogP contribution is 2.31. The molecule has 1 fully saturated rings. The third kappa shape index (κ3) is 1.86. The summed E-state index contributed by atoms with van der Waals surface area (Å²) in [4.78, 5) is 4.14. The molecule has 3 nitrogen and oxygen atoms in total. The highest BCUT2D eigenvalue weighted by Gasteiger charge is 2.31. The molecule has 1 aliphatic heterocycles. The van der Waals surface area contributed by atoms with Crippen LogP contribution in [-0.4, -0.2) is 15.9 Å². The fourth-order valence-corrected chi connectivity index (χ4v) is 2.36. The van der Waals surface area contributed by atoms with Crippen molar-refractivity contribution < 1.29 is 13.2 Å². The third-order valence-corrected chi connectivity index (χ3v) is 3.28. The molecule has 2 aromatic rings. The molecule has 0 bridgehead atoms. The summed E-state index contributed by atoms with van der Waals surface area (Å²) in [5.41, 5.74) is 0.701. The van der Waals surface area contributed by atoms with Crippen molar-refractivity contribution in [2.24, 2.45) is 0 Å². The average molecular weight is 255 g/mol. The zero-order chi connectivity index (χ0) is 12.8. The van der Waals surface area contributed by atoms with E-state index in [1.807, 2.05) is 0 Å². The third-order valence-electron chi connectivity index (χ3n) is 3.28. The predicted molar refractivity (Wildman–Crippen MR) is 60.2 cm³/mol. The predicted octanol–water partition coefficient (Wildman–Crippen LogP) is 2.78. The lowest BCUT2D eigenvalue weighted by molar-refractivity contribution is -0.137. The number of nitrogens with one attached hydrogen (secondary N) is 1. The van der Waals surface area contributed by atoms with Crippen molar-refractivity contribution in [1.29, 1.82) is 0 Å². The quantitative estimate of drug-likeness (QED) is 0.849. The Balaban J connectivity index is 2.10. The van der Waals surface area contributed by atoms with Crippen LogP contribution in [0.25, 0.3) is 5.65 Å². The minimum atomic E-state index is -4.32. The van der Waals surface area contributed by atoms with E-state index in [1.54, 1.807) is 6.20 Å². The van der Waals surface area contributed by atoms with E-state index < -0.39 is 11.7 Å². The Morgan fingerprint density at radius 2 is 2.17 bits per heavy atom. The maximum atomic E-state index is 12.7. The Bertz CT molecular complexity index is 567. The summed E-state index contributed by atoms with van der Waals surface area (Å²) in [5.74, 6) is 0. The maximum Gasteiger partial charge on any atom is 0.417 e. The second kappa shape index (κ2) is 3.98. The van der Waals surface area contributed by atoms with Crippen LogP contribution in [0, 0.1) is 0 Å². The maximum absolute atomic E-state index is 12.7. The molecule has 1 aliphatic rings. The molecule has 0 saturated carbocycles. The summed E-state index contributed by atoms with van der Waals surface area (Å²) < 4.78 is 39.6. The molecule has 3 heterocycles. The number of nitrogens with zero attached hydrogens (tertiary/aromatic N) is 2. The Labute approximate surface area is 102 Å². The lowest BCUT2D eigenvalue weighted by Gasteiger charge is -2.12. The molecule has 0 radical (unpaired) electrons. The molecule has 1 saturated heterocycles. The molecule has 1 atom stereocenters. The number of imidazole rings is 1. The van der Waals surface area contributed by atoms with Crippen molar-refractivity contribution in [2.75, 3.05) is 6.54 Å². The van der Waals surface area contributed by atoms with Gasteiger partial charge in [0.2, 0.25) is 0 Å². The molecule has 0 aromatic carbocycles. The zero-order valence-corrected chi connectivity index (χ0v) is 9.54. The second-order valence-electron chi connectivity index (χ2n) is 4.48. The molecule has 6 heteroatoms. The van der Waals surface area contributed by atoms with Crippen molar-refractivity contribution in [1.82, 2.24) is 14.7 Å². The van der Waals surface area contributed by atoms with Crippen molar-refractivity contribution in [3.8, 4) is 0 Å². The summed E-state index contributed by atoms with van der Waals surface area (Å²) in [6, 6.07) is 2.57. The number of aromatic nitrogens is 2. The lowest BCUT2D eigenvalue weighted by Crippen LogP contribution is -2.15. The van der Waals surface area contributed by atoms with Gasteiger partial charge < -0.3 is 9.72 Å². The summed E-state index contributed by atoms with van der Waals surface area (Å²) in [5, 5.41) is 3.27. The van der Waals surface area contributed by atoms with E-state index in [1.165, 1.54) is 10.5 Å². The second-order valence-corrected chi connectivity index (χ2v) is 4.48. The molecule has 1 N–H and O–H groups in total. The van der Waals surface area contributed by atoms with Gasteiger partial charge in [-0.25, -0.2) is 4.98 Å². The van der Waals surface area contributed by atoms with E-state index in [0.717, 1.165) is 37.3 Å². The first-order valence-electron chi connectivity index (χ1n) is 5.83. The normalized spacial score (nSPS) is 20.7. The number of pyridine rings is 1. The fourth-order valence-electron chi connectivity index (χ4n) is 2.36. The van der Waals surface area contributed by atoms with Gasteiger partial charge in [-0.1, -0.05) is 0 Å². The summed E-state index contributed by atoms with van der Waals surface area (Å²) in [7, 11) is 0.